The Morgan fingerprint density at radius 1 is 1.33 bits per heavy atom. The highest BCUT2D eigenvalue weighted by atomic mass is 79.9. The van der Waals surface area contributed by atoms with Gasteiger partial charge in [-0.3, -0.25) is 0 Å². The molecule has 94 valence electrons. The Morgan fingerprint density at radius 3 is 3.06 bits per heavy atom. The number of hydrogen-bond donors (Lipinski definition) is 1. The fraction of sp³-hybridized carbons (Fsp3) is 0.286. The van der Waals surface area contributed by atoms with Gasteiger partial charge >= 0.3 is 0 Å². The Balaban J connectivity index is 1.93. The molecule has 2 N–H and O–H groups in total. The van der Waals surface area contributed by atoms with E-state index in [-0.39, 0.29) is 0 Å². The van der Waals surface area contributed by atoms with Gasteiger partial charge in [-0.1, -0.05) is 15.9 Å². The summed E-state index contributed by atoms with van der Waals surface area (Å²) in [5, 5.41) is 2.19. The van der Waals surface area contributed by atoms with Gasteiger partial charge in [-0.25, -0.2) is 0 Å². The molecule has 3 rings (SSSR count). The minimum atomic E-state index is 0.585. The van der Waals surface area contributed by atoms with Crippen LogP contribution in [-0.2, 0) is 19.5 Å². The fourth-order valence-corrected chi connectivity index (χ4v) is 3.78. The largest absolute Gasteiger partial charge is 0.367 e. The first-order chi connectivity index (χ1) is 8.78. The molecule has 2 nitrogen and oxygen atoms in total. The molecule has 0 radical (unpaired) electrons. The quantitative estimate of drug-likeness (QED) is 0.916. The second-order valence-corrected chi connectivity index (χ2v) is 6.43. The number of fused-ring (bicyclic) bond motifs is 1. The van der Waals surface area contributed by atoms with Crippen molar-refractivity contribution in [2.24, 2.45) is 5.73 Å². The topological polar surface area (TPSA) is 29.3 Å². The minimum absolute atomic E-state index is 0.585. The number of benzene rings is 1. The SMILES string of the molecule is NCc1cc(Br)ccc1N1CCc2sccc2C1. The van der Waals surface area contributed by atoms with Crippen molar-refractivity contribution >= 4 is 33.0 Å². The smallest absolute Gasteiger partial charge is 0.0440 e. The molecular weight excluding hydrogens is 308 g/mol. The number of nitrogens with zero attached hydrogens (tertiary/aromatic N) is 1. The Bertz CT molecular complexity index is 565. The number of thiophene rings is 1. The zero-order valence-electron chi connectivity index (χ0n) is 10.0. The van der Waals surface area contributed by atoms with Crippen molar-refractivity contribution in [1.29, 1.82) is 0 Å². The molecule has 18 heavy (non-hydrogen) atoms. The Labute approximate surface area is 120 Å². The van der Waals surface area contributed by atoms with Crippen LogP contribution in [-0.4, -0.2) is 6.54 Å². The van der Waals surface area contributed by atoms with Crippen molar-refractivity contribution in [3.63, 3.8) is 0 Å². The van der Waals surface area contributed by atoms with E-state index in [0.717, 1.165) is 24.0 Å². The third kappa shape index (κ3) is 2.20. The van der Waals surface area contributed by atoms with Crippen LogP contribution in [0.5, 0.6) is 0 Å². The summed E-state index contributed by atoms with van der Waals surface area (Å²) in [7, 11) is 0. The molecule has 1 aromatic heterocycles. The molecule has 0 saturated heterocycles. The van der Waals surface area contributed by atoms with E-state index < -0.39 is 0 Å². The highest BCUT2D eigenvalue weighted by Crippen LogP contribution is 2.31. The van der Waals surface area contributed by atoms with Crippen LogP contribution in [0.25, 0.3) is 0 Å². The molecule has 0 fully saturated rings. The van der Waals surface area contributed by atoms with Gasteiger partial charge in [0.05, 0.1) is 0 Å². The predicted octanol–water partition coefficient (Wildman–Crippen LogP) is 3.53. The summed E-state index contributed by atoms with van der Waals surface area (Å²) < 4.78 is 1.10. The van der Waals surface area contributed by atoms with E-state index in [4.69, 9.17) is 5.73 Å². The Hall–Kier alpha value is -0.840. The van der Waals surface area contributed by atoms with E-state index in [1.165, 1.54) is 21.7 Å². The zero-order valence-corrected chi connectivity index (χ0v) is 12.4. The van der Waals surface area contributed by atoms with Crippen molar-refractivity contribution < 1.29 is 0 Å². The molecule has 0 amide bonds. The molecule has 0 unspecified atom stereocenters. The third-order valence-corrected chi connectivity index (χ3v) is 4.93. The maximum atomic E-state index is 5.86. The first kappa shape index (κ1) is 12.2. The van der Waals surface area contributed by atoms with Crippen molar-refractivity contribution in [2.45, 2.75) is 19.5 Å². The van der Waals surface area contributed by atoms with Crippen molar-refractivity contribution in [3.8, 4) is 0 Å². The van der Waals surface area contributed by atoms with Gasteiger partial charge in [-0.15, -0.1) is 11.3 Å². The van der Waals surface area contributed by atoms with Crippen LogP contribution in [0.3, 0.4) is 0 Å². The summed E-state index contributed by atoms with van der Waals surface area (Å²) in [5.74, 6) is 0. The molecule has 2 heterocycles. The van der Waals surface area contributed by atoms with Crippen LogP contribution >= 0.6 is 27.3 Å². The highest BCUT2D eigenvalue weighted by Gasteiger charge is 2.19. The number of nitrogens with two attached hydrogens (primary N) is 1. The van der Waals surface area contributed by atoms with E-state index in [0.29, 0.717) is 6.54 Å². The van der Waals surface area contributed by atoms with Crippen LogP contribution in [0.2, 0.25) is 0 Å². The van der Waals surface area contributed by atoms with Gasteiger partial charge in [0.25, 0.3) is 0 Å². The number of halogens is 1. The third-order valence-electron chi connectivity index (χ3n) is 3.41. The van der Waals surface area contributed by atoms with Crippen LogP contribution < -0.4 is 10.6 Å². The summed E-state index contributed by atoms with van der Waals surface area (Å²) in [6.07, 6.45) is 1.15. The van der Waals surface area contributed by atoms with Gasteiger partial charge in [0.15, 0.2) is 0 Å². The van der Waals surface area contributed by atoms with Gasteiger partial charge in [0.2, 0.25) is 0 Å². The Morgan fingerprint density at radius 2 is 2.22 bits per heavy atom. The molecule has 0 atom stereocenters. The lowest BCUT2D eigenvalue weighted by Gasteiger charge is -2.30. The maximum Gasteiger partial charge on any atom is 0.0440 e. The van der Waals surface area contributed by atoms with Crippen LogP contribution in [0.4, 0.5) is 5.69 Å². The molecule has 1 aliphatic rings. The first-order valence-corrected chi connectivity index (χ1v) is 7.74. The second-order valence-electron chi connectivity index (χ2n) is 4.52. The van der Waals surface area contributed by atoms with E-state index in [9.17, 15) is 0 Å². The highest BCUT2D eigenvalue weighted by molar-refractivity contribution is 9.10. The van der Waals surface area contributed by atoms with Gasteiger partial charge in [-0.2, -0.15) is 0 Å². The summed E-state index contributed by atoms with van der Waals surface area (Å²) in [6.45, 7) is 2.68. The van der Waals surface area contributed by atoms with Crippen molar-refractivity contribution in [3.05, 3.63) is 50.1 Å². The van der Waals surface area contributed by atoms with Crippen LogP contribution in [0, 0.1) is 0 Å². The lowest BCUT2D eigenvalue weighted by atomic mass is 10.1. The van der Waals surface area contributed by atoms with Crippen LogP contribution in [0.1, 0.15) is 16.0 Å². The summed E-state index contributed by atoms with van der Waals surface area (Å²) >= 11 is 5.38. The van der Waals surface area contributed by atoms with E-state index in [2.05, 4.69) is 50.5 Å². The van der Waals surface area contributed by atoms with Gasteiger partial charge in [-0.05, 0) is 47.2 Å². The number of rotatable bonds is 2. The molecule has 1 aromatic carbocycles. The molecule has 0 spiro atoms. The van der Waals surface area contributed by atoms with E-state index in [1.54, 1.807) is 0 Å². The zero-order chi connectivity index (χ0) is 12.5. The monoisotopic (exact) mass is 322 g/mol. The minimum Gasteiger partial charge on any atom is -0.367 e. The summed E-state index contributed by atoms with van der Waals surface area (Å²) in [6, 6.07) is 8.63. The average molecular weight is 323 g/mol. The van der Waals surface area contributed by atoms with Crippen LogP contribution in [0.15, 0.2) is 34.1 Å². The molecule has 2 aromatic rings. The molecule has 0 bridgehead atoms. The van der Waals surface area contributed by atoms with Gasteiger partial charge in [0.1, 0.15) is 0 Å². The molecule has 0 aliphatic carbocycles. The number of hydrogen-bond acceptors (Lipinski definition) is 3. The van der Waals surface area contributed by atoms with Gasteiger partial charge in [0, 0.05) is 34.7 Å². The van der Waals surface area contributed by atoms with E-state index in [1.807, 2.05) is 11.3 Å². The summed E-state index contributed by atoms with van der Waals surface area (Å²) in [5.41, 5.74) is 9.81. The molecule has 4 heteroatoms. The molecule has 1 aliphatic heterocycles. The van der Waals surface area contributed by atoms with E-state index >= 15 is 0 Å². The number of anilines is 1. The lowest BCUT2D eigenvalue weighted by molar-refractivity contribution is 0.738. The normalized spacial score (nSPS) is 14.7. The standard InChI is InChI=1S/C14H15BrN2S/c15-12-1-2-13(11(7-12)8-16)17-5-3-14-10(9-17)4-6-18-14/h1-2,4,6-7H,3,5,8-9,16H2. The Kier molecular flexibility index (Phi) is 3.41. The summed E-state index contributed by atoms with van der Waals surface area (Å²) in [4.78, 5) is 3.97. The molecular formula is C14H15BrN2S. The maximum absolute atomic E-state index is 5.86. The average Bonchev–Trinajstić information content (AvgIpc) is 2.85. The predicted molar refractivity (Wildman–Crippen MR) is 81.1 cm³/mol. The molecule has 0 saturated carbocycles. The van der Waals surface area contributed by atoms with Crippen molar-refractivity contribution in [1.82, 2.24) is 0 Å². The van der Waals surface area contributed by atoms with Gasteiger partial charge < -0.3 is 10.6 Å². The fourth-order valence-electron chi connectivity index (χ4n) is 2.48. The van der Waals surface area contributed by atoms with Crippen molar-refractivity contribution in [2.75, 3.05) is 11.4 Å². The second kappa shape index (κ2) is 5.03. The lowest BCUT2D eigenvalue weighted by Crippen LogP contribution is -2.30. The first-order valence-electron chi connectivity index (χ1n) is 6.06.